The number of fused-ring (bicyclic) bond motifs is 1. The van der Waals surface area contributed by atoms with E-state index < -0.39 is 0 Å². The van der Waals surface area contributed by atoms with Gasteiger partial charge in [-0.25, -0.2) is 0 Å². The van der Waals surface area contributed by atoms with E-state index in [4.69, 9.17) is 0 Å². The molecule has 1 aromatic rings. The number of allylic oxidation sites excluding steroid dienone is 1. The molecule has 1 nitrogen and oxygen atoms in total. The average molecular weight is 143 g/mol. The fourth-order valence-corrected chi connectivity index (χ4v) is 1.30. The second kappa shape index (κ2) is 2.30. The Balaban J connectivity index is 2.48. The van der Waals surface area contributed by atoms with Gasteiger partial charge in [-0.05, 0) is 11.6 Å². The molecule has 0 aromatic heterocycles. The number of benzene rings is 1. The molecule has 0 unspecified atom stereocenters. The number of anilines is 1. The molecule has 0 aliphatic carbocycles. The number of nitrogens with one attached hydrogen (secondary N) is 1. The van der Waals surface area contributed by atoms with Gasteiger partial charge in [0.05, 0.1) is 5.70 Å². The van der Waals surface area contributed by atoms with Crippen LogP contribution in [0.3, 0.4) is 0 Å². The molecular formula is C10H9N. The van der Waals surface area contributed by atoms with Crippen LogP contribution in [0.4, 0.5) is 5.69 Å². The maximum Gasteiger partial charge on any atom is 0.0621 e. The second-order valence-electron chi connectivity index (χ2n) is 2.61. The van der Waals surface area contributed by atoms with Crippen LogP contribution in [0.25, 0.3) is 0 Å². The van der Waals surface area contributed by atoms with Crippen molar-refractivity contribution in [2.75, 3.05) is 5.32 Å². The molecule has 0 amide bonds. The van der Waals surface area contributed by atoms with Crippen LogP contribution in [-0.4, -0.2) is 0 Å². The Hall–Kier alpha value is -1.46. The molecule has 54 valence electrons. The van der Waals surface area contributed by atoms with Gasteiger partial charge in [0.25, 0.3) is 0 Å². The number of hydrogen-bond acceptors (Lipinski definition) is 1. The Bertz CT molecular complexity index is 305. The van der Waals surface area contributed by atoms with Crippen LogP contribution in [0.1, 0.15) is 5.56 Å². The fourth-order valence-electron chi connectivity index (χ4n) is 1.30. The molecule has 0 bridgehead atoms. The van der Waals surface area contributed by atoms with Gasteiger partial charge in [-0.1, -0.05) is 24.8 Å². The van der Waals surface area contributed by atoms with Gasteiger partial charge in [0.2, 0.25) is 0 Å². The molecule has 1 N–H and O–H groups in total. The Morgan fingerprint density at radius 3 is 2.91 bits per heavy atom. The van der Waals surface area contributed by atoms with Gasteiger partial charge in [-0.2, -0.15) is 0 Å². The SMILES string of the molecule is C=C=C1Cc2ccccc2N1. The molecule has 0 saturated heterocycles. The topological polar surface area (TPSA) is 12.0 Å². The first kappa shape index (κ1) is 6.26. The van der Waals surface area contributed by atoms with Crippen LogP contribution in [0.2, 0.25) is 0 Å². The zero-order valence-corrected chi connectivity index (χ0v) is 6.22. The summed E-state index contributed by atoms with van der Waals surface area (Å²) in [6.45, 7) is 3.60. The Morgan fingerprint density at radius 2 is 2.18 bits per heavy atom. The standard InChI is InChI=1S/C10H9N/c1-2-9-7-8-5-3-4-6-10(8)11-9/h3-6,11H,1,7H2. The highest BCUT2D eigenvalue weighted by Gasteiger charge is 2.11. The van der Waals surface area contributed by atoms with Gasteiger partial charge < -0.3 is 5.32 Å². The van der Waals surface area contributed by atoms with Crippen LogP contribution >= 0.6 is 0 Å². The average Bonchev–Trinajstić information content (AvgIpc) is 2.46. The molecule has 0 saturated carbocycles. The van der Waals surface area contributed by atoms with Crippen molar-refractivity contribution in [3.05, 3.63) is 47.8 Å². The van der Waals surface area contributed by atoms with Crippen molar-refractivity contribution in [2.24, 2.45) is 0 Å². The zero-order valence-electron chi connectivity index (χ0n) is 6.22. The number of para-hydroxylation sites is 1. The first-order valence-corrected chi connectivity index (χ1v) is 3.64. The lowest BCUT2D eigenvalue weighted by molar-refractivity contribution is 1.26. The van der Waals surface area contributed by atoms with Crippen LogP contribution in [0, 0.1) is 0 Å². The van der Waals surface area contributed by atoms with Crippen LogP contribution in [0.15, 0.2) is 42.3 Å². The molecule has 11 heavy (non-hydrogen) atoms. The van der Waals surface area contributed by atoms with Gasteiger partial charge in [-0.3, -0.25) is 0 Å². The van der Waals surface area contributed by atoms with E-state index in [9.17, 15) is 0 Å². The second-order valence-corrected chi connectivity index (χ2v) is 2.61. The van der Waals surface area contributed by atoms with E-state index in [0.29, 0.717) is 0 Å². The Kier molecular flexibility index (Phi) is 1.31. The summed E-state index contributed by atoms with van der Waals surface area (Å²) in [4.78, 5) is 0. The van der Waals surface area contributed by atoms with Crippen molar-refractivity contribution < 1.29 is 0 Å². The van der Waals surface area contributed by atoms with Crippen molar-refractivity contribution in [1.82, 2.24) is 0 Å². The minimum Gasteiger partial charge on any atom is -0.352 e. The summed E-state index contributed by atoms with van der Waals surface area (Å²) in [7, 11) is 0. The van der Waals surface area contributed by atoms with Crippen molar-refractivity contribution in [2.45, 2.75) is 6.42 Å². The summed E-state index contributed by atoms with van der Waals surface area (Å²) >= 11 is 0. The van der Waals surface area contributed by atoms with Crippen LogP contribution < -0.4 is 5.32 Å². The molecule has 2 rings (SSSR count). The van der Waals surface area contributed by atoms with E-state index in [1.807, 2.05) is 12.1 Å². The summed E-state index contributed by atoms with van der Waals surface area (Å²) in [6, 6.07) is 8.26. The predicted molar refractivity (Wildman–Crippen MR) is 46.4 cm³/mol. The lowest BCUT2D eigenvalue weighted by Gasteiger charge is -1.94. The highest BCUT2D eigenvalue weighted by atomic mass is 14.9. The molecule has 1 aliphatic heterocycles. The summed E-state index contributed by atoms with van der Waals surface area (Å²) in [5.74, 6) is 0. The summed E-state index contributed by atoms with van der Waals surface area (Å²) in [6.07, 6.45) is 0.944. The van der Waals surface area contributed by atoms with Gasteiger partial charge in [0.15, 0.2) is 0 Å². The molecule has 1 aromatic carbocycles. The van der Waals surface area contributed by atoms with Gasteiger partial charge >= 0.3 is 0 Å². The lowest BCUT2D eigenvalue weighted by atomic mass is 10.1. The maximum absolute atomic E-state index is 3.60. The lowest BCUT2D eigenvalue weighted by Crippen LogP contribution is -1.87. The van der Waals surface area contributed by atoms with Gasteiger partial charge in [-0.15, -0.1) is 5.73 Å². The molecule has 0 spiro atoms. The van der Waals surface area contributed by atoms with Crippen LogP contribution in [-0.2, 0) is 6.42 Å². The van der Waals surface area contributed by atoms with Gasteiger partial charge in [0.1, 0.15) is 0 Å². The quantitative estimate of drug-likeness (QED) is 0.549. The van der Waals surface area contributed by atoms with Crippen molar-refractivity contribution in [3.63, 3.8) is 0 Å². The van der Waals surface area contributed by atoms with E-state index in [2.05, 4.69) is 29.8 Å². The highest BCUT2D eigenvalue weighted by molar-refractivity contribution is 5.61. The van der Waals surface area contributed by atoms with Crippen molar-refractivity contribution >= 4 is 5.69 Å². The Morgan fingerprint density at radius 1 is 1.36 bits per heavy atom. The van der Waals surface area contributed by atoms with E-state index >= 15 is 0 Å². The molecule has 0 radical (unpaired) electrons. The van der Waals surface area contributed by atoms with Gasteiger partial charge in [0, 0.05) is 12.1 Å². The molecule has 0 atom stereocenters. The third-order valence-corrected chi connectivity index (χ3v) is 1.88. The molecule has 0 fully saturated rings. The predicted octanol–water partition coefficient (Wildman–Crippen LogP) is 2.32. The minimum atomic E-state index is 0.944. The summed E-state index contributed by atoms with van der Waals surface area (Å²) in [5.41, 5.74) is 6.47. The molecule has 1 heterocycles. The molecule has 1 heteroatoms. The van der Waals surface area contributed by atoms with E-state index in [1.54, 1.807) is 0 Å². The normalized spacial score (nSPS) is 13.6. The molecular weight excluding hydrogens is 134 g/mol. The van der Waals surface area contributed by atoms with E-state index in [1.165, 1.54) is 11.3 Å². The summed E-state index contributed by atoms with van der Waals surface area (Å²) in [5, 5.41) is 3.23. The van der Waals surface area contributed by atoms with Crippen molar-refractivity contribution in [1.29, 1.82) is 0 Å². The number of hydrogen-bond donors (Lipinski definition) is 1. The Labute approximate surface area is 66.1 Å². The van der Waals surface area contributed by atoms with E-state index in [-0.39, 0.29) is 0 Å². The smallest absolute Gasteiger partial charge is 0.0621 e. The fraction of sp³-hybridized carbons (Fsp3) is 0.100. The third kappa shape index (κ3) is 0.957. The maximum atomic E-state index is 3.60. The summed E-state index contributed by atoms with van der Waals surface area (Å²) < 4.78 is 0. The molecule has 1 aliphatic rings. The first-order valence-electron chi connectivity index (χ1n) is 3.64. The zero-order chi connectivity index (χ0) is 7.68. The highest BCUT2D eigenvalue weighted by Crippen LogP contribution is 2.26. The van der Waals surface area contributed by atoms with Crippen LogP contribution in [0.5, 0.6) is 0 Å². The first-order chi connectivity index (χ1) is 5.40. The van der Waals surface area contributed by atoms with E-state index in [0.717, 1.165) is 12.1 Å². The third-order valence-electron chi connectivity index (χ3n) is 1.88. The van der Waals surface area contributed by atoms with Crippen molar-refractivity contribution in [3.8, 4) is 0 Å². The largest absolute Gasteiger partial charge is 0.352 e. The minimum absolute atomic E-state index is 0.944. The number of rotatable bonds is 0. The monoisotopic (exact) mass is 143 g/mol.